The van der Waals surface area contributed by atoms with Gasteiger partial charge in [-0.2, -0.15) is 0 Å². The molecule has 0 spiro atoms. The Balaban J connectivity index is 3.15. The molecule has 1 atom stereocenters. The van der Waals surface area contributed by atoms with Crippen molar-refractivity contribution in [1.82, 2.24) is 4.98 Å². The highest BCUT2D eigenvalue weighted by Crippen LogP contribution is 2.27. The second-order valence-electron chi connectivity index (χ2n) is 5.88. The topological polar surface area (TPSA) is 105 Å². The normalized spacial score (nSPS) is 12.8. The molecule has 0 bridgehead atoms. The van der Waals surface area contributed by atoms with Gasteiger partial charge in [-0.3, -0.25) is 9.59 Å². The highest BCUT2D eigenvalue weighted by atomic mass is 16.4. The molecule has 4 N–H and O–H groups in total. The van der Waals surface area contributed by atoms with Crippen LogP contribution in [0.25, 0.3) is 0 Å². The predicted molar refractivity (Wildman–Crippen MR) is 76.6 cm³/mol. The van der Waals surface area contributed by atoms with Gasteiger partial charge >= 0.3 is 5.97 Å². The number of carbonyl (C=O) groups is 2. The molecule has 1 aromatic rings. The molecule has 0 aromatic carbocycles. The number of anilines is 1. The number of carbonyl (C=O) groups excluding carboxylic acids is 1. The van der Waals surface area contributed by atoms with Crippen molar-refractivity contribution in [3.05, 3.63) is 23.4 Å². The summed E-state index contributed by atoms with van der Waals surface area (Å²) in [4.78, 5) is 26.6. The van der Waals surface area contributed by atoms with Crippen LogP contribution in [0.4, 0.5) is 5.82 Å². The lowest BCUT2D eigenvalue weighted by Gasteiger charge is -2.31. The number of amides is 1. The van der Waals surface area contributed by atoms with E-state index in [1.54, 1.807) is 19.2 Å². The Morgan fingerprint density at radius 2 is 2.05 bits per heavy atom. The Morgan fingerprint density at radius 3 is 2.50 bits per heavy atom. The van der Waals surface area contributed by atoms with Crippen molar-refractivity contribution in [1.29, 1.82) is 0 Å². The molecule has 1 rings (SSSR count). The van der Waals surface area contributed by atoms with Gasteiger partial charge in [0.25, 0.3) is 5.91 Å². The van der Waals surface area contributed by atoms with Gasteiger partial charge in [0.15, 0.2) is 0 Å². The molecule has 0 aliphatic rings. The Morgan fingerprint density at radius 1 is 1.45 bits per heavy atom. The largest absolute Gasteiger partial charge is 0.481 e. The molecule has 0 saturated heterocycles. The first-order valence-electron chi connectivity index (χ1n) is 6.36. The van der Waals surface area contributed by atoms with Crippen LogP contribution in [0.2, 0.25) is 0 Å². The van der Waals surface area contributed by atoms with E-state index in [1.165, 1.54) is 0 Å². The van der Waals surface area contributed by atoms with Gasteiger partial charge < -0.3 is 16.2 Å². The third kappa shape index (κ3) is 3.94. The van der Waals surface area contributed by atoms with Crippen molar-refractivity contribution in [2.45, 2.75) is 40.2 Å². The van der Waals surface area contributed by atoms with Crippen molar-refractivity contribution in [3.8, 4) is 0 Å². The molecular formula is C14H21N3O3. The maximum Gasteiger partial charge on any atom is 0.305 e. The maximum atomic E-state index is 11.5. The SMILES string of the molecule is Cc1ccnc(NC(CC(=O)O)C(C)(C)C)c1C(N)=O. The summed E-state index contributed by atoms with van der Waals surface area (Å²) in [5.41, 5.74) is 6.06. The molecule has 0 aliphatic heterocycles. The zero-order valence-electron chi connectivity index (χ0n) is 12.2. The van der Waals surface area contributed by atoms with Crippen molar-refractivity contribution < 1.29 is 14.7 Å². The lowest BCUT2D eigenvalue weighted by Crippen LogP contribution is -2.37. The second-order valence-corrected chi connectivity index (χ2v) is 5.88. The fourth-order valence-corrected chi connectivity index (χ4v) is 1.89. The molecule has 0 fully saturated rings. The van der Waals surface area contributed by atoms with Crippen LogP contribution in [0, 0.1) is 12.3 Å². The van der Waals surface area contributed by atoms with Crippen LogP contribution < -0.4 is 11.1 Å². The van der Waals surface area contributed by atoms with Gasteiger partial charge in [-0.25, -0.2) is 4.98 Å². The van der Waals surface area contributed by atoms with Gasteiger partial charge in [0.05, 0.1) is 12.0 Å². The van der Waals surface area contributed by atoms with E-state index in [4.69, 9.17) is 10.8 Å². The van der Waals surface area contributed by atoms with Crippen LogP contribution in [-0.4, -0.2) is 28.0 Å². The van der Waals surface area contributed by atoms with Gasteiger partial charge in [0, 0.05) is 12.2 Å². The predicted octanol–water partition coefficient (Wildman–Crippen LogP) is 1.79. The first-order valence-corrected chi connectivity index (χ1v) is 6.36. The minimum atomic E-state index is -0.911. The number of rotatable bonds is 5. The molecule has 0 radical (unpaired) electrons. The average Bonchev–Trinajstić information content (AvgIpc) is 2.25. The zero-order valence-corrected chi connectivity index (χ0v) is 12.2. The molecule has 0 saturated carbocycles. The van der Waals surface area contributed by atoms with E-state index in [0.717, 1.165) is 0 Å². The number of carboxylic acid groups (broad SMARTS) is 1. The van der Waals surface area contributed by atoms with Gasteiger partial charge in [-0.15, -0.1) is 0 Å². The number of hydrogen-bond donors (Lipinski definition) is 3. The third-order valence-electron chi connectivity index (χ3n) is 3.14. The Kier molecular flexibility index (Phi) is 4.70. The number of aliphatic carboxylic acids is 1. The average molecular weight is 279 g/mol. The Hall–Kier alpha value is -2.11. The number of pyridine rings is 1. The van der Waals surface area contributed by atoms with Crippen molar-refractivity contribution in [2.75, 3.05) is 5.32 Å². The minimum Gasteiger partial charge on any atom is -0.481 e. The fourth-order valence-electron chi connectivity index (χ4n) is 1.89. The number of carboxylic acids is 1. The van der Waals surface area contributed by atoms with Gasteiger partial charge in [0.2, 0.25) is 0 Å². The molecular weight excluding hydrogens is 258 g/mol. The Bertz CT molecular complexity index is 521. The second kappa shape index (κ2) is 5.90. The van der Waals surface area contributed by atoms with Crippen molar-refractivity contribution in [2.24, 2.45) is 11.1 Å². The summed E-state index contributed by atoms with van der Waals surface area (Å²) in [6.45, 7) is 7.53. The van der Waals surface area contributed by atoms with E-state index >= 15 is 0 Å². The first kappa shape index (κ1) is 15.9. The molecule has 1 heterocycles. The minimum absolute atomic E-state index is 0.0721. The number of aromatic nitrogens is 1. The smallest absolute Gasteiger partial charge is 0.305 e. The van der Waals surface area contributed by atoms with Crippen LogP contribution in [0.15, 0.2) is 12.3 Å². The summed E-state index contributed by atoms with van der Waals surface area (Å²) >= 11 is 0. The van der Waals surface area contributed by atoms with Crippen LogP contribution in [0.5, 0.6) is 0 Å². The van der Waals surface area contributed by atoms with Crippen LogP contribution in [0.3, 0.4) is 0 Å². The number of primary amides is 1. The summed E-state index contributed by atoms with van der Waals surface area (Å²) in [5, 5.41) is 12.1. The monoisotopic (exact) mass is 279 g/mol. The number of aryl methyl sites for hydroxylation is 1. The van der Waals surface area contributed by atoms with Crippen molar-refractivity contribution in [3.63, 3.8) is 0 Å². The quantitative estimate of drug-likeness (QED) is 0.762. The number of nitrogens with zero attached hydrogens (tertiary/aromatic N) is 1. The summed E-state index contributed by atoms with van der Waals surface area (Å²) in [6, 6.07) is 1.32. The highest BCUT2D eigenvalue weighted by molar-refractivity contribution is 5.99. The fraction of sp³-hybridized carbons (Fsp3) is 0.500. The summed E-state index contributed by atoms with van der Waals surface area (Å²) < 4.78 is 0. The molecule has 1 aromatic heterocycles. The van der Waals surface area contributed by atoms with E-state index in [1.807, 2.05) is 20.8 Å². The molecule has 1 unspecified atom stereocenters. The molecule has 110 valence electrons. The maximum absolute atomic E-state index is 11.5. The van der Waals surface area contributed by atoms with E-state index in [9.17, 15) is 9.59 Å². The summed E-state index contributed by atoms with van der Waals surface area (Å²) in [7, 11) is 0. The van der Waals surface area contributed by atoms with E-state index < -0.39 is 11.9 Å². The molecule has 20 heavy (non-hydrogen) atoms. The Labute approximate surface area is 118 Å². The molecule has 0 aliphatic carbocycles. The lowest BCUT2D eigenvalue weighted by molar-refractivity contribution is -0.137. The van der Waals surface area contributed by atoms with Crippen LogP contribution >= 0.6 is 0 Å². The van der Waals surface area contributed by atoms with E-state index in [-0.39, 0.29) is 17.9 Å². The molecule has 6 nitrogen and oxygen atoms in total. The first-order chi connectivity index (χ1) is 9.12. The van der Waals surface area contributed by atoms with Crippen LogP contribution in [0.1, 0.15) is 43.1 Å². The number of nitrogens with two attached hydrogens (primary N) is 1. The number of hydrogen-bond acceptors (Lipinski definition) is 4. The lowest BCUT2D eigenvalue weighted by atomic mass is 9.84. The van der Waals surface area contributed by atoms with Gasteiger partial charge in [0.1, 0.15) is 5.82 Å². The van der Waals surface area contributed by atoms with E-state index in [0.29, 0.717) is 16.9 Å². The standard InChI is InChI=1S/C14H21N3O3/c1-8-5-6-16-13(11(8)12(15)20)17-9(7-10(18)19)14(2,3)4/h5-6,9H,7H2,1-4H3,(H2,15,20)(H,16,17)(H,18,19). The van der Waals surface area contributed by atoms with Crippen molar-refractivity contribution >= 4 is 17.7 Å². The van der Waals surface area contributed by atoms with E-state index in [2.05, 4.69) is 10.3 Å². The third-order valence-corrected chi connectivity index (χ3v) is 3.14. The number of nitrogens with one attached hydrogen (secondary N) is 1. The van der Waals surface area contributed by atoms with Gasteiger partial charge in [-0.1, -0.05) is 20.8 Å². The van der Waals surface area contributed by atoms with Crippen LogP contribution in [-0.2, 0) is 4.79 Å². The highest BCUT2D eigenvalue weighted by Gasteiger charge is 2.28. The molecule has 1 amide bonds. The van der Waals surface area contributed by atoms with Gasteiger partial charge in [-0.05, 0) is 24.0 Å². The summed E-state index contributed by atoms with van der Waals surface area (Å²) in [6.07, 6.45) is 1.49. The zero-order chi connectivity index (χ0) is 15.5. The molecule has 6 heteroatoms. The summed E-state index contributed by atoms with van der Waals surface area (Å²) in [5.74, 6) is -1.16.